The molecule has 0 spiro atoms. The molecule has 0 aliphatic heterocycles. The highest BCUT2D eigenvalue weighted by Gasteiger charge is 2.18. The highest BCUT2D eigenvalue weighted by atomic mass is 16.7. The van der Waals surface area contributed by atoms with Crippen LogP contribution in [0, 0.1) is 0 Å². The molecule has 2 rings (SSSR count). The van der Waals surface area contributed by atoms with Crippen LogP contribution in [0.2, 0.25) is 0 Å². The number of fused-ring (bicyclic) bond motifs is 1. The standard InChI is InChI=1S/C5H5N3O4/c6-1-2-3(11-4(1)7)5(9)8(10)12-2/h10H,6-7H2. The summed E-state index contributed by atoms with van der Waals surface area (Å²) in [7, 11) is 0. The van der Waals surface area contributed by atoms with Crippen LogP contribution in [-0.2, 0) is 0 Å². The van der Waals surface area contributed by atoms with Crippen LogP contribution in [0.4, 0.5) is 11.6 Å². The molecule has 0 radical (unpaired) electrons. The lowest BCUT2D eigenvalue weighted by Crippen LogP contribution is -2.09. The number of aromatic nitrogens is 1. The van der Waals surface area contributed by atoms with E-state index in [2.05, 4.69) is 4.52 Å². The zero-order valence-corrected chi connectivity index (χ0v) is 5.77. The molecule has 2 aromatic rings. The van der Waals surface area contributed by atoms with Crippen LogP contribution in [-0.4, -0.2) is 10.1 Å². The van der Waals surface area contributed by atoms with Crippen molar-refractivity contribution in [1.82, 2.24) is 4.90 Å². The van der Waals surface area contributed by atoms with E-state index in [0.717, 1.165) is 0 Å². The average Bonchev–Trinajstić information content (AvgIpc) is 2.43. The van der Waals surface area contributed by atoms with Gasteiger partial charge < -0.3 is 25.6 Å². The quantitative estimate of drug-likeness (QED) is 0.463. The van der Waals surface area contributed by atoms with Gasteiger partial charge >= 0.3 is 5.56 Å². The van der Waals surface area contributed by atoms with Gasteiger partial charge in [0, 0.05) is 4.90 Å². The number of nitrogens with zero attached hydrogens (tertiary/aromatic N) is 1. The molecule has 0 aliphatic carbocycles. The molecule has 0 saturated heterocycles. The lowest BCUT2D eigenvalue weighted by molar-refractivity contribution is 0.0117. The average molecular weight is 171 g/mol. The van der Waals surface area contributed by atoms with E-state index in [1.54, 1.807) is 0 Å². The lowest BCUT2D eigenvalue weighted by atomic mass is 10.4. The van der Waals surface area contributed by atoms with Crippen LogP contribution in [0.15, 0.2) is 13.7 Å². The monoisotopic (exact) mass is 171 g/mol. The van der Waals surface area contributed by atoms with Gasteiger partial charge in [0.25, 0.3) is 0 Å². The first-order valence-corrected chi connectivity index (χ1v) is 3.00. The van der Waals surface area contributed by atoms with Crippen molar-refractivity contribution in [1.29, 1.82) is 0 Å². The molecule has 0 fully saturated rings. The first-order valence-electron chi connectivity index (χ1n) is 3.00. The molecule has 7 nitrogen and oxygen atoms in total. The van der Waals surface area contributed by atoms with Gasteiger partial charge in [0.15, 0.2) is 0 Å². The molecule has 0 saturated carbocycles. The predicted octanol–water partition coefficient (Wildman–Crippen LogP) is -0.411. The Morgan fingerprint density at radius 1 is 1.33 bits per heavy atom. The zero-order valence-electron chi connectivity index (χ0n) is 5.77. The predicted molar refractivity (Wildman–Crippen MR) is 38.7 cm³/mol. The minimum Gasteiger partial charge on any atom is -0.429 e. The minimum absolute atomic E-state index is 0.00917. The normalized spacial score (nSPS) is 11.0. The van der Waals surface area contributed by atoms with Crippen molar-refractivity contribution >= 4 is 22.7 Å². The zero-order chi connectivity index (χ0) is 8.88. The fourth-order valence-electron chi connectivity index (χ4n) is 0.892. The van der Waals surface area contributed by atoms with Crippen molar-refractivity contribution in [3.8, 4) is 0 Å². The number of rotatable bonds is 0. The third-order valence-corrected chi connectivity index (χ3v) is 1.47. The molecule has 2 aromatic heterocycles. The summed E-state index contributed by atoms with van der Waals surface area (Å²) in [6, 6.07) is 0. The fraction of sp³-hybridized carbons (Fsp3) is 0. The largest absolute Gasteiger partial charge is 0.429 e. The van der Waals surface area contributed by atoms with Crippen LogP contribution in [0.3, 0.4) is 0 Å². The van der Waals surface area contributed by atoms with Crippen molar-refractivity contribution in [3.05, 3.63) is 10.4 Å². The van der Waals surface area contributed by atoms with E-state index < -0.39 is 5.56 Å². The van der Waals surface area contributed by atoms with E-state index in [9.17, 15) is 4.79 Å². The van der Waals surface area contributed by atoms with Crippen molar-refractivity contribution in [2.45, 2.75) is 0 Å². The van der Waals surface area contributed by atoms with Gasteiger partial charge in [0.05, 0.1) is 0 Å². The van der Waals surface area contributed by atoms with Gasteiger partial charge in [-0.2, -0.15) is 0 Å². The Bertz CT molecular complexity index is 490. The van der Waals surface area contributed by atoms with Crippen molar-refractivity contribution in [3.63, 3.8) is 0 Å². The van der Waals surface area contributed by atoms with Gasteiger partial charge in [-0.3, -0.25) is 4.79 Å². The Morgan fingerprint density at radius 3 is 2.58 bits per heavy atom. The number of anilines is 2. The maximum atomic E-state index is 10.9. The summed E-state index contributed by atoms with van der Waals surface area (Å²) in [5.41, 5.74) is 9.53. The summed E-state index contributed by atoms with van der Waals surface area (Å²) >= 11 is 0. The van der Waals surface area contributed by atoms with E-state index in [1.807, 2.05) is 0 Å². The summed E-state index contributed by atoms with van der Waals surface area (Å²) in [4.78, 5) is 10.9. The third kappa shape index (κ3) is 0.570. The molecule has 0 aliphatic rings. The van der Waals surface area contributed by atoms with Crippen LogP contribution >= 0.6 is 0 Å². The van der Waals surface area contributed by atoms with Gasteiger partial charge in [-0.1, -0.05) is 0 Å². The molecule has 12 heavy (non-hydrogen) atoms. The second kappa shape index (κ2) is 1.76. The number of hydrogen-bond acceptors (Lipinski definition) is 6. The summed E-state index contributed by atoms with van der Waals surface area (Å²) in [6.07, 6.45) is 0. The maximum Gasteiger partial charge on any atom is 0.365 e. The van der Waals surface area contributed by atoms with Crippen LogP contribution < -0.4 is 17.0 Å². The Kier molecular flexibility index (Phi) is 0.972. The molecule has 0 bridgehead atoms. The Labute approximate surface area is 64.7 Å². The SMILES string of the molecule is Nc1oc2c(=O)n(O)oc2c1N. The first-order chi connectivity index (χ1) is 5.61. The van der Waals surface area contributed by atoms with E-state index >= 15 is 0 Å². The maximum absolute atomic E-state index is 10.9. The number of nitrogen functional groups attached to an aromatic ring is 2. The molecule has 0 atom stereocenters. The molecular weight excluding hydrogens is 166 g/mol. The summed E-state index contributed by atoms with van der Waals surface area (Å²) in [5.74, 6) is -0.0959. The lowest BCUT2D eigenvalue weighted by Gasteiger charge is -1.85. The van der Waals surface area contributed by atoms with Crippen molar-refractivity contribution < 1.29 is 14.1 Å². The van der Waals surface area contributed by atoms with E-state index in [4.69, 9.17) is 21.1 Å². The van der Waals surface area contributed by atoms with E-state index in [0.29, 0.717) is 0 Å². The van der Waals surface area contributed by atoms with Gasteiger partial charge in [-0.15, -0.1) is 0 Å². The number of furan rings is 1. The van der Waals surface area contributed by atoms with Crippen molar-refractivity contribution in [2.75, 3.05) is 11.5 Å². The fourth-order valence-corrected chi connectivity index (χ4v) is 0.892. The van der Waals surface area contributed by atoms with Gasteiger partial charge in [-0.05, 0) is 0 Å². The van der Waals surface area contributed by atoms with Crippen LogP contribution in [0.25, 0.3) is 11.2 Å². The molecular formula is C5H5N3O4. The highest BCUT2D eigenvalue weighted by molar-refractivity contribution is 5.89. The third-order valence-electron chi connectivity index (χ3n) is 1.47. The second-order valence-corrected chi connectivity index (χ2v) is 2.21. The number of nitrogens with two attached hydrogens (primary N) is 2. The summed E-state index contributed by atoms with van der Waals surface area (Å²) in [5, 5.41) is 8.73. The van der Waals surface area contributed by atoms with Gasteiger partial charge in [0.1, 0.15) is 5.69 Å². The second-order valence-electron chi connectivity index (χ2n) is 2.21. The van der Waals surface area contributed by atoms with Gasteiger partial charge in [-0.25, -0.2) is 0 Å². The molecule has 5 N–H and O–H groups in total. The Hall–Kier alpha value is -2.05. The summed E-state index contributed by atoms with van der Waals surface area (Å²) < 4.78 is 9.23. The molecule has 0 unspecified atom stereocenters. The summed E-state index contributed by atoms with van der Waals surface area (Å²) in [6.45, 7) is 0. The van der Waals surface area contributed by atoms with Crippen LogP contribution in [0.5, 0.6) is 0 Å². The first kappa shape index (κ1) is 6.65. The molecule has 0 aromatic carbocycles. The van der Waals surface area contributed by atoms with Crippen LogP contribution in [0.1, 0.15) is 0 Å². The molecule has 0 amide bonds. The van der Waals surface area contributed by atoms with Gasteiger partial charge in [0.2, 0.25) is 17.1 Å². The Morgan fingerprint density at radius 2 is 2.00 bits per heavy atom. The van der Waals surface area contributed by atoms with E-state index in [1.165, 1.54) is 0 Å². The number of hydrogen-bond donors (Lipinski definition) is 3. The Balaban J connectivity index is 3.03. The smallest absolute Gasteiger partial charge is 0.365 e. The topological polar surface area (TPSA) is 121 Å². The molecule has 7 heteroatoms. The molecule has 64 valence electrons. The van der Waals surface area contributed by atoms with Crippen molar-refractivity contribution in [2.24, 2.45) is 0 Å². The van der Waals surface area contributed by atoms with E-state index in [-0.39, 0.29) is 27.6 Å². The highest BCUT2D eigenvalue weighted by Crippen LogP contribution is 2.27. The molecule has 2 heterocycles. The minimum atomic E-state index is -0.826.